The van der Waals surface area contributed by atoms with Crippen LogP contribution in [0.2, 0.25) is 0 Å². The second kappa shape index (κ2) is 17.0. The number of aliphatic hydroxyl groups is 5. The van der Waals surface area contributed by atoms with Crippen LogP contribution >= 0.6 is 0 Å². The van der Waals surface area contributed by atoms with Gasteiger partial charge in [-0.1, -0.05) is 5.21 Å². The topological polar surface area (TPSA) is 236 Å². The fourth-order valence-electron chi connectivity index (χ4n) is 8.92. The zero-order valence-electron chi connectivity index (χ0n) is 30.6. The molecule has 2 heterocycles. The number of aliphatic hydroxyl groups excluding tert-OH is 5. The highest BCUT2D eigenvalue weighted by Gasteiger charge is 2.62. The van der Waals surface area contributed by atoms with Gasteiger partial charge in [-0.15, -0.1) is 5.10 Å². The van der Waals surface area contributed by atoms with Gasteiger partial charge in [0.15, 0.2) is 0 Å². The molecule has 3 unspecified atom stereocenters. The fraction of sp³-hybridized carbons (Fsp3) is 0.857. The van der Waals surface area contributed by atoms with Crippen LogP contribution in [0.1, 0.15) is 77.8 Å². The first-order valence-electron chi connectivity index (χ1n) is 18.5. The van der Waals surface area contributed by atoms with Crippen molar-refractivity contribution in [3.8, 4) is 6.07 Å². The lowest BCUT2D eigenvalue weighted by Crippen LogP contribution is -2.68. The van der Waals surface area contributed by atoms with E-state index in [0.29, 0.717) is 63.3 Å². The van der Waals surface area contributed by atoms with E-state index in [2.05, 4.69) is 21.7 Å². The highest BCUT2D eigenvalue weighted by atomic mass is 16.6. The predicted molar refractivity (Wildman–Crippen MR) is 183 cm³/mol. The number of ether oxygens (including phenoxy) is 3. The molecule has 17 nitrogen and oxygen atoms in total. The molecule has 6 rings (SSSR count). The Bertz CT molecular complexity index is 1380. The number of nitrogens with zero attached hydrogens (tertiary/aromatic N) is 6. The van der Waals surface area contributed by atoms with E-state index in [1.807, 2.05) is 20.8 Å². The van der Waals surface area contributed by atoms with Gasteiger partial charge in [-0.25, -0.2) is 9.48 Å². The maximum atomic E-state index is 13.8. The largest absolute Gasteiger partial charge is 0.444 e. The van der Waals surface area contributed by atoms with Crippen molar-refractivity contribution in [2.45, 2.75) is 132 Å². The summed E-state index contributed by atoms with van der Waals surface area (Å²) in [7, 11) is 0. The third-order valence-electron chi connectivity index (χ3n) is 10.9. The molecule has 4 bridgehead atoms. The maximum absolute atomic E-state index is 13.8. The van der Waals surface area contributed by atoms with Gasteiger partial charge in [0.2, 0.25) is 5.91 Å². The molecule has 4 aliphatic carbocycles. The minimum Gasteiger partial charge on any atom is -0.444 e. The van der Waals surface area contributed by atoms with Crippen molar-refractivity contribution in [1.82, 2.24) is 30.1 Å². The van der Waals surface area contributed by atoms with Gasteiger partial charge in [-0.2, -0.15) is 5.26 Å². The molecule has 292 valence electrons. The van der Waals surface area contributed by atoms with E-state index >= 15 is 0 Å². The number of nitrogens with one attached hydrogen (secondary N) is 1. The van der Waals surface area contributed by atoms with E-state index in [4.69, 9.17) is 19.3 Å². The third kappa shape index (κ3) is 9.77. The van der Waals surface area contributed by atoms with E-state index in [1.165, 1.54) is 0 Å². The second-order valence-electron chi connectivity index (χ2n) is 16.2. The monoisotopic (exact) mass is 735 g/mol. The molecule has 6 N–H and O–H groups in total. The van der Waals surface area contributed by atoms with Crippen LogP contribution in [0, 0.1) is 23.2 Å². The van der Waals surface area contributed by atoms with Gasteiger partial charge >= 0.3 is 6.09 Å². The number of nitriles is 1. The summed E-state index contributed by atoms with van der Waals surface area (Å²) in [6.45, 7) is 6.84. The second-order valence-corrected chi connectivity index (χ2v) is 16.2. The summed E-state index contributed by atoms with van der Waals surface area (Å²) < 4.78 is 20.0. The molecule has 1 aromatic heterocycles. The quantitative estimate of drug-likeness (QED) is 0.106. The lowest BCUT2D eigenvalue weighted by Gasteiger charge is -2.64. The van der Waals surface area contributed by atoms with E-state index in [0.717, 1.165) is 38.5 Å². The average molecular weight is 736 g/mol. The lowest BCUT2D eigenvalue weighted by molar-refractivity contribution is -0.202. The number of carbonyl (C=O) groups excluding carboxylic acids is 2. The summed E-state index contributed by atoms with van der Waals surface area (Å²) in [5.41, 5.74) is -1.13. The molecule has 17 heteroatoms. The lowest BCUT2D eigenvalue weighted by atomic mass is 9.50. The zero-order chi connectivity index (χ0) is 37.7. The Kier molecular flexibility index (Phi) is 13.2. The number of carbonyl (C=O) groups is 2. The van der Waals surface area contributed by atoms with Crippen molar-refractivity contribution >= 4 is 12.0 Å². The average Bonchev–Trinajstić information content (AvgIpc) is 3.75. The molecule has 1 aliphatic heterocycles. The Balaban J connectivity index is 1.10. The predicted octanol–water partition coefficient (Wildman–Crippen LogP) is -0.320. The van der Waals surface area contributed by atoms with Gasteiger partial charge in [0.1, 0.15) is 36.5 Å². The number of rotatable bonds is 18. The molecule has 5 aliphatic rings. The fourth-order valence-corrected chi connectivity index (χ4v) is 8.92. The summed E-state index contributed by atoms with van der Waals surface area (Å²) >= 11 is 0. The SMILES string of the molecule is CC(C)(C)OC(=O)N(CC(=O)N1CCC[C@H]1C#N)C12CC3C[C@H](CC(OCCOCCn4cc(CNC[C@H](O)[C@@H](O)[C@H](O)[C@H](O)CO)nn4)(C3)C1)C2. The Morgan fingerprint density at radius 3 is 2.48 bits per heavy atom. The number of hydrogen-bond acceptors (Lipinski definition) is 14. The van der Waals surface area contributed by atoms with Crippen LogP contribution in [0.25, 0.3) is 0 Å². The third-order valence-corrected chi connectivity index (χ3v) is 10.9. The first kappa shape index (κ1) is 40.2. The number of likely N-dealkylation sites (tertiary alicyclic amines) is 1. The van der Waals surface area contributed by atoms with Crippen LogP contribution < -0.4 is 5.32 Å². The summed E-state index contributed by atoms with van der Waals surface area (Å²) in [6, 6.07) is 1.77. The molecule has 9 atom stereocenters. The van der Waals surface area contributed by atoms with Gasteiger partial charge in [0, 0.05) is 25.8 Å². The van der Waals surface area contributed by atoms with Gasteiger partial charge in [-0.05, 0) is 84.0 Å². The summed E-state index contributed by atoms with van der Waals surface area (Å²) in [5, 5.41) is 68.8. The van der Waals surface area contributed by atoms with Gasteiger partial charge < -0.3 is 50.0 Å². The van der Waals surface area contributed by atoms with Crippen LogP contribution in [0.4, 0.5) is 4.79 Å². The molecule has 0 aromatic carbocycles. The number of hydrogen-bond donors (Lipinski definition) is 6. The zero-order valence-corrected chi connectivity index (χ0v) is 30.6. The van der Waals surface area contributed by atoms with Crippen molar-refractivity contribution in [1.29, 1.82) is 5.26 Å². The summed E-state index contributed by atoms with van der Waals surface area (Å²) in [6.07, 6.45) is 1.49. The molecule has 1 aromatic rings. The molecular weight excluding hydrogens is 678 g/mol. The minimum atomic E-state index is -1.69. The van der Waals surface area contributed by atoms with E-state index in [1.54, 1.807) is 20.7 Å². The van der Waals surface area contributed by atoms with Crippen molar-refractivity contribution < 1.29 is 49.3 Å². The van der Waals surface area contributed by atoms with Gasteiger partial charge in [-0.3, -0.25) is 9.69 Å². The van der Waals surface area contributed by atoms with Gasteiger partial charge in [0.05, 0.1) is 62.0 Å². The van der Waals surface area contributed by atoms with E-state index in [9.17, 15) is 35.3 Å². The summed E-state index contributed by atoms with van der Waals surface area (Å²) in [5.74, 6) is 0.530. The molecule has 2 amide bonds. The van der Waals surface area contributed by atoms with Crippen LogP contribution in [0.15, 0.2) is 6.20 Å². The van der Waals surface area contributed by atoms with Crippen molar-refractivity contribution in [2.24, 2.45) is 11.8 Å². The normalized spacial score (nSPS) is 29.1. The van der Waals surface area contributed by atoms with Gasteiger partial charge in [0.25, 0.3) is 0 Å². The molecular formula is C35H57N7O10. The van der Waals surface area contributed by atoms with Crippen LogP contribution in [-0.4, -0.2) is 156 Å². The van der Waals surface area contributed by atoms with Crippen LogP contribution in [0.3, 0.4) is 0 Å². The Morgan fingerprint density at radius 1 is 1.10 bits per heavy atom. The van der Waals surface area contributed by atoms with E-state index < -0.39 is 59.9 Å². The van der Waals surface area contributed by atoms with Crippen molar-refractivity contribution in [2.75, 3.05) is 46.1 Å². The molecule has 0 spiro atoms. The van der Waals surface area contributed by atoms with E-state index in [-0.39, 0.29) is 25.5 Å². The smallest absolute Gasteiger partial charge is 0.411 e. The number of amides is 2. The Hall–Kier alpha value is -2.95. The summed E-state index contributed by atoms with van der Waals surface area (Å²) in [4.78, 5) is 30.7. The van der Waals surface area contributed by atoms with Crippen LogP contribution in [0.5, 0.6) is 0 Å². The molecule has 0 radical (unpaired) electrons. The molecule has 4 saturated carbocycles. The van der Waals surface area contributed by atoms with Crippen molar-refractivity contribution in [3.63, 3.8) is 0 Å². The minimum absolute atomic E-state index is 0.0883. The maximum Gasteiger partial charge on any atom is 0.411 e. The van der Waals surface area contributed by atoms with Crippen LogP contribution in [-0.2, 0) is 32.1 Å². The van der Waals surface area contributed by atoms with Crippen molar-refractivity contribution in [3.05, 3.63) is 11.9 Å². The first-order chi connectivity index (χ1) is 24.7. The highest BCUT2D eigenvalue weighted by Crippen LogP contribution is 2.61. The highest BCUT2D eigenvalue weighted by molar-refractivity contribution is 5.83. The molecule has 1 saturated heterocycles. The first-order valence-corrected chi connectivity index (χ1v) is 18.5. The molecule has 5 fully saturated rings. The standard InChI is InChI=1S/C35H57N7O10/c1-33(2,3)52-32(49)42(20-29(46)41-6-4-5-26(41)16-36)34-12-23-11-24(13-34)15-35(14-23,22-34)51-10-9-50-8-7-40-19-25(38-39-40)17-37-18-27(44)30(47)31(48)28(45)21-43/h19,23-24,26-28,30-31,37,43-45,47-48H,4-15,17-18,20-22H2,1-3H3/t23-,24?,26-,27-,28+,30+,31+,34?,35?/m0/s1. The number of aromatic nitrogens is 3. The molecule has 52 heavy (non-hydrogen) atoms. The Labute approximate surface area is 304 Å². The Morgan fingerprint density at radius 2 is 1.81 bits per heavy atom.